The molecule has 0 saturated carbocycles. The molecule has 164 valence electrons. The van der Waals surface area contributed by atoms with Gasteiger partial charge in [-0.2, -0.15) is 4.98 Å². The summed E-state index contributed by atoms with van der Waals surface area (Å²) in [4.78, 5) is 19.3. The summed E-state index contributed by atoms with van der Waals surface area (Å²) in [5, 5.41) is 0.253. The van der Waals surface area contributed by atoms with Gasteiger partial charge in [0.2, 0.25) is 5.88 Å². The van der Waals surface area contributed by atoms with E-state index in [0.717, 1.165) is 16.8 Å². The highest BCUT2D eigenvalue weighted by molar-refractivity contribution is 7.91. The van der Waals surface area contributed by atoms with Crippen molar-refractivity contribution in [3.8, 4) is 17.3 Å². The summed E-state index contributed by atoms with van der Waals surface area (Å²) in [6, 6.07) is 5.68. The molecular weight excluding hydrogens is 418 g/mol. The van der Waals surface area contributed by atoms with E-state index in [4.69, 9.17) is 19.4 Å². The molecule has 0 aliphatic carbocycles. The first-order valence-corrected chi connectivity index (χ1v) is 12.2. The SMILES string of the molecule is COc1cc(-c2nc([C@@H]3CCCS3(=O)=O)cc(N3CCOC[C@H]3C)n2)c2cc[nH]c2n1. The lowest BCUT2D eigenvalue weighted by Crippen LogP contribution is -2.44. The van der Waals surface area contributed by atoms with Crippen LogP contribution in [0.3, 0.4) is 0 Å². The minimum Gasteiger partial charge on any atom is -0.481 e. The third kappa shape index (κ3) is 3.63. The summed E-state index contributed by atoms with van der Waals surface area (Å²) in [5.41, 5.74) is 1.97. The zero-order valence-corrected chi connectivity index (χ0v) is 18.4. The van der Waals surface area contributed by atoms with Crippen molar-refractivity contribution in [3.05, 3.63) is 30.1 Å². The van der Waals surface area contributed by atoms with E-state index < -0.39 is 15.1 Å². The van der Waals surface area contributed by atoms with Crippen LogP contribution in [-0.2, 0) is 14.6 Å². The zero-order chi connectivity index (χ0) is 21.6. The number of aromatic amines is 1. The average Bonchev–Trinajstić information content (AvgIpc) is 3.38. The molecule has 0 spiro atoms. The quantitative estimate of drug-likeness (QED) is 0.655. The highest BCUT2D eigenvalue weighted by Gasteiger charge is 2.35. The van der Waals surface area contributed by atoms with Gasteiger partial charge in [0.05, 0.1) is 37.8 Å². The maximum Gasteiger partial charge on any atom is 0.215 e. The number of H-pyrrole nitrogens is 1. The molecule has 2 aliphatic heterocycles. The lowest BCUT2D eigenvalue weighted by molar-refractivity contribution is 0.0985. The molecule has 2 atom stereocenters. The fraction of sp³-hybridized carbons (Fsp3) is 0.476. The van der Waals surface area contributed by atoms with Gasteiger partial charge in [0.25, 0.3) is 0 Å². The molecule has 5 rings (SSSR count). The Morgan fingerprint density at radius 1 is 1.26 bits per heavy atom. The summed E-state index contributed by atoms with van der Waals surface area (Å²) < 4.78 is 36.4. The monoisotopic (exact) mass is 443 g/mol. The summed E-state index contributed by atoms with van der Waals surface area (Å²) in [6.45, 7) is 3.97. The fourth-order valence-corrected chi connectivity index (χ4v) is 6.25. The molecule has 1 N–H and O–H groups in total. The first-order valence-electron chi connectivity index (χ1n) is 10.4. The van der Waals surface area contributed by atoms with Gasteiger partial charge in [-0.1, -0.05) is 0 Å². The molecule has 2 aliphatic rings. The molecular formula is C21H25N5O4S. The fourth-order valence-electron chi connectivity index (χ4n) is 4.38. The number of rotatable bonds is 4. The van der Waals surface area contributed by atoms with Crippen LogP contribution >= 0.6 is 0 Å². The number of anilines is 1. The minimum absolute atomic E-state index is 0.129. The summed E-state index contributed by atoms with van der Waals surface area (Å²) in [7, 11) is -1.66. The van der Waals surface area contributed by atoms with Gasteiger partial charge < -0.3 is 19.4 Å². The molecule has 3 aromatic heterocycles. The number of pyridine rings is 1. The van der Waals surface area contributed by atoms with Crippen molar-refractivity contribution in [2.45, 2.75) is 31.1 Å². The molecule has 2 fully saturated rings. The van der Waals surface area contributed by atoms with Crippen LogP contribution in [0.15, 0.2) is 24.4 Å². The van der Waals surface area contributed by atoms with Crippen molar-refractivity contribution in [1.29, 1.82) is 0 Å². The van der Waals surface area contributed by atoms with Crippen molar-refractivity contribution in [1.82, 2.24) is 19.9 Å². The molecule has 3 aromatic rings. The highest BCUT2D eigenvalue weighted by atomic mass is 32.2. The smallest absolute Gasteiger partial charge is 0.215 e. The van der Waals surface area contributed by atoms with E-state index >= 15 is 0 Å². The topological polar surface area (TPSA) is 110 Å². The number of aromatic nitrogens is 4. The van der Waals surface area contributed by atoms with Crippen molar-refractivity contribution in [3.63, 3.8) is 0 Å². The Morgan fingerprint density at radius 3 is 2.87 bits per heavy atom. The number of nitrogens with one attached hydrogen (secondary N) is 1. The molecule has 0 unspecified atom stereocenters. The molecule has 0 amide bonds. The third-order valence-corrected chi connectivity index (χ3v) is 8.21. The molecule has 10 heteroatoms. The van der Waals surface area contributed by atoms with Crippen LogP contribution in [-0.4, -0.2) is 67.0 Å². The van der Waals surface area contributed by atoms with Gasteiger partial charge in [0, 0.05) is 35.8 Å². The first-order chi connectivity index (χ1) is 15.0. The molecule has 9 nitrogen and oxygen atoms in total. The van der Waals surface area contributed by atoms with Gasteiger partial charge in [0.15, 0.2) is 15.7 Å². The number of hydrogen-bond acceptors (Lipinski definition) is 8. The standard InChI is InChI=1S/C21H25N5O4S/c1-13-12-30-8-7-26(13)18-11-16(17-4-3-9-31(17,27)28)23-21(24-18)15-10-19(29-2)25-20-14(15)5-6-22-20/h5-6,10-11,13,17H,3-4,7-9,12H2,1-2H3,(H,22,25)/t13-,17+/m1/s1. The Hall–Kier alpha value is -2.72. The van der Waals surface area contributed by atoms with Crippen molar-refractivity contribution >= 4 is 26.7 Å². The predicted octanol–water partition coefficient (Wildman–Crippen LogP) is 2.50. The zero-order valence-electron chi connectivity index (χ0n) is 17.5. The van der Waals surface area contributed by atoms with Crippen LogP contribution in [0.2, 0.25) is 0 Å². The third-order valence-electron chi connectivity index (χ3n) is 6.01. The average molecular weight is 444 g/mol. The molecule has 0 aromatic carbocycles. The van der Waals surface area contributed by atoms with Gasteiger partial charge in [-0.15, -0.1) is 0 Å². The molecule has 31 heavy (non-hydrogen) atoms. The van der Waals surface area contributed by atoms with Crippen LogP contribution in [0.1, 0.15) is 30.7 Å². The number of fused-ring (bicyclic) bond motifs is 1. The van der Waals surface area contributed by atoms with Crippen LogP contribution in [0.25, 0.3) is 22.4 Å². The van der Waals surface area contributed by atoms with Gasteiger partial charge in [-0.25, -0.2) is 18.4 Å². The van der Waals surface area contributed by atoms with E-state index in [9.17, 15) is 8.42 Å². The second-order valence-electron chi connectivity index (χ2n) is 8.04. The lowest BCUT2D eigenvalue weighted by Gasteiger charge is -2.34. The van der Waals surface area contributed by atoms with Crippen LogP contribution < -0.4 is 9.64 Å². The predicted molar refractivity (Wildman–Crippen MR) is 117 cm³/mol. The number of hydrogen-bond donors (Lipinski definition) is 1. The normalized spacial score (nSPS) is 23.4. The summed E-state index contributed by atoms with van der Waals surface area (Å²) in [6.07, 6.45) is 3.04. The lowest BCUT2D eigenvalue weighted by atomic mass is 10.1. The van der Waals surface area contributed by atoms with E-state index in [-0.39, 0.29) is 11.8 Å². The maximum absolute atomic E-state index is 12.7. The molecule has 0 bridgehead atoms. The van der Waals surface area contributed by atoms with Crippen molar-refractivity contribution in [2.75, 3.05) is 37.5 Å². The van der Waals surface area contributed by atoms with Crippen molar-refractivity contribution < 1.29 is 17.9 Å². The van der Waals surface area contributed by atoms with E-state index in [1.54, 1.807) is 19.4 Å². The Labute approximate surface area is 180 Å². The van der Waals surface area contributed by atoms with Gasteiger partial charge in [-0.3, -0.25) is 0 Å². The summed E-state index contributed by atoms with van der Waals surface area (Å²) in [5.74, 6) is 1.83. The number of sulfone groups is 1. The van der Waals surface area contributed by atoms with E-state index in [2.05, 4.69) is 21.8 Å². The van der Waals surface area contributed by atoms with Crippen LogP contribution in [0.4, 0.5) is 5.82 Å². The van der Waals surface area contributed by atoms with Crippen molar-refractivity contribution in [2.24, 2.45) is 0 Å². The van der Waals surface area contributed by atoms with E-state index in [1.165, 1.54) is 0 Å². The highest BCUT2D eigenvalue weighted by Crippen LogP contribution is 2.37. The Bertz CT molecular complexity index is 1230. The number of ether oxygens (including phenoxy) is 2. The largest absolute Gasteiger partial charge is 0.481 e. The second kappa shape index (κ2) is 7.76. The molecule has 5 heterocycles. The molecule has 2 saturated heterocycles. The minimum atomic E-state index is -3.22. The summed E-state index contributed by atoms with van der Waals surface area (Å²) >= 11 is 0. The number of morpholine rings is 1. The van der Waals surface area contributed by atoms with E-state index in [1.807, 2.05) is 12.1 Å². The van der Waals surface area contributed by atoms with Gasteiger partial charge in [-0.05, 0) is 25.8 Å². The number of methoxy groups -OCH3 is 1. The van der Waals surface area contributed by atoms with Gasteiger partial charge in [0.1, 0.15) is 16.7 Å². The second-order valence-corrected chi connectivity index (χ2v) is 10.3. The van der Waals surface area contributed by atoms with E-state index in [0.29, 0.717) is 55.6 Å². The maximum atomic E-state index is 12.7. The number of nitrogens with zero attached hydrogens (tertiary/aromatic N) is 4. The van der Waals surface area contributed by atoms with Crippen LogP contribution in [0, 0.1) is 0 Å². The Morgan fingerprint density at radius 2 is 2.13 bits per heavy atom. The van der Waals surface area contributed by atoms with Gasteiger partial charge >= 0.3 is 0 Å². The Kier molecular flexibility index (Phi) is 5.05. The first kappa shape index (κ1) is 20.2. The van der Waals surface area contributed by atoms with Crippen LogP contribution in [0.5, 0.6) is 5.88 Å². The Balaban J connectivity index is 1.71. The molecule has 0 radical (unpaired) electrons.